The molecule has 7 rings (SSSR count). The molecule has 0 radical (unpaired) electrons. The lowest BCUT2D eigenvalue weighted by molar-refractivity contribution is -0.122. The molecule has 0 unspecified atom stereocenters. The molecule has 0 atom stereocenters. The number of carbonyl (C=O) groups excluding carboxylic acids is 1. The van der Waals surface area contributed by atoms with E-state index in [0.29, 0.717) is 50.8 Å². The summed E-state index contributed by atoms with van der Waals surface area (Å²) < 4.78 is 18.2. The largest absolute Gasteiger partial charge is 0.497 e. The van der Waals surface area contributed by atoms with Crippen molar-refractivity contribution in [1.29, 1.82) is 0 Å². The average molecular weight is 628 g/mol. The minimum absolute atomic E-state index is 0.177. The van der Waals surface area contributed by atoms with E-state index in [9.17, 15) is 9.59 Å². The van der Waals surface area contributed by atoms with E-state index in [0.717, 1.165) is 35.7 Å². The molecule has 2 aromatic heterocycles. The Balaban J connectivity index is 1.20. The van der Waals surface area contributed by atoms with E-state index in [2.05, 4.69) is 21.9 Å². The molecule has 0 bridgehead atoms. The highest BCUT2D eigenvalue weighted by Crippen LogP contribution is 2.37. The lowest BCUT2D eigenvalue weighted by Gasteiger charge is -2.37. The Labute approximate surface area is 263 Å². The van der Waals surface area contributed by atoms with E-state index >= 15 is 0 Å². The number of ether oxygens (including phenoxy) is 3. The van der Waals surface area contributed by atoms with Crippen molar-refractivity contribution in [1.82, 2.24) is 14.3 Å². The highest BCUT2D eigenvalue weighted by molar-refractivity contribution is 8.26. The monoisotopic (exact) mass is 627 g/mol. The number of amides is 1. The standard InChI is InChI=1S/C32H29N5O5S2/c1-20-4-3-11-36-28(20)33-29(35-14-12-34(13-15-35)22-6-8-23(40-2)9-7-22)24(30(36)38)17-27-31(39)37(32(43)44-27)18-21-5-10-25-26(16-21)42-19-41-25/h3-11,16-17H,12-15,18-19H2,1-2H3/b27-17-. The molecule has 5 heterocycles. The molecule has 0 N–H and O–H groups in total. The molecule has 3 aliphatic rings. The summed E-state index contributed by atoms with van der Waals surface area (Å²) in [5, 5.41) is 0. The van der Waals surface area contributed by atoms with E-state index in [-0.39, 0.29) is 24.8 Å². The summed E-state index contributed by atoms with van der Waals surface area (Å²) in [5.41, 5.74) is 3.60. The number of carbonyl (C=O) groups is 1. The molecule has 10 nitrogen and oxygen atoms in total. The van der Waals surface area contributed by atoms with Crippen LogP contribution < -0.4 is 29.6 Å². The van der Waals surface area contributed by atoms with Gasteiger partial charge in [-0.3, -0.25) is 18.9 Å². The fourth-order valence-electron chi connectivity index (χ4n) is 5.63. The van der Waals surface area contributed by atoms with Gasteiger partial charge in [-0.2, -0.15) is 0 Å². The summed E-state index contributed by atoms with van der Waals surface area (Å²) >= 11 is 6.81. The molecule has 0 aliphatic carbocycles. The number of aryl methyl sites for hydroxylation is 1. The average Bonchev–Trinajstić information content (AvgIpc) is 3.62. The number of anilines is 2. The zero-order valence-corrected chi connectivity index (χ0v) is 25.8. The Bertz CT molecular complexity index is 1880. The second kappa shape index (κ2) is 11.5. The molecule has 4 aromatic rings. The van der Waals surface area contributed by atoms with Crippen LogP contribution in [0.15, 0.2) is 70.5 Å². The molecule has 0 spiro atoms. The molecule has 3 aliphatic heterocycles. The number of hydrogen-bond donors (Lipinski definition) is 0. The van der Waals surface area contributed by atoms with Crippen LogP contribution >= 0.6 is 24.0 Å². The van der Waals surface area contributed by atoms with Crippen molar-refractivity contribution in [3.8, 4) is 17.2 Å². The van der Waals surface area contributed by atoms with Crippen molar-refractivity contribution >= 4 is 57.4 Å². The summed E-state index contributed by atoms with van der Waals surface area (Å²) in [6.07, 6.45) is 3.37. The maximum Gasteiger partial charge on any atom is 0.267 e. The third-order valence-corrected chi connectivity index (χ3v) is 9.39. The smallest absolute Gasteiger partial charge is 0.267 e. The number of aromatic nitrogens is 2. The van der Waals surface area contributed by atoms with Crippen LogP contribution in [0.1, 0.15) is 16.7 Å². The molecule has 2 fully saturated rings. The van der Waals surface area contributed by atoms with Gasteiger partial charge in [-0.15, -0.1) is 0 Å². The third-order valence-electron chi connectivity index (χ3n) is 8.01. The van der Waals surface area contributed by atoms with Gasteiger partial charge < -0.3 is 24.0 Å². The fourth-order valence-corrected chi connectivity index (χ4v) is 6.86. The van der Waals surface area contributed by atoms with Gasteiger partial charge >= 0.3 is 0 Å². The Kier molecular flexibility index (Phi) is 7.39. The number of fused-ring (bicyclic) bond motifs is 2. The van der Waals surface area contributed by atoms with Gasteiger partial charge in [-0.1, -0.05) is 36.1 Å². The number of thioether (sulfide) groups is 1. The van der Waals surface area contributed by atoms with Crippen LogP contribution in [-0.2, 0) is 11.3 Å². The van der Waals surface area contributed by atoms with Gasteiger partial charge in [0.2, 0.25) is 6.79 Å². The topological polar surface area (TPSA) is 88.9 Å². The molecular formula is C32H29N5O5S2. The van der Waals surface area contributed by atoms with Crippen LogP contribution in [0.2, 0.25) is 0 Å². The molecular weight excluding hydrogens is 599 g/mol. The van der Waals surface area contributed by atoms with Gasteiger partial charge in [0, 0.05) is 38.1 Å². The highest BCUT2D eigenvalue weighted by atomic mass is 32.2. The minimum atomic E-state index is -0.248. The number of methoxy groups -OCH3 is 1. The Morgan fingerprint density at radius 1 is 1.00 bits per heavy atom. The van der Waals surface area contributed by atoms with Crippen molar-refractivity contribution in [2.45, 2.75) is 13.5 Å². The Morgan fingerprint density at radius 3 is 2.52 bits per heavy atom. The van der Waals surface area contributed by atoms with Crippen molar-refractivity contribution in [3.63, 3.8) is 0 Å². The maximum atomic E-state index is 14.0. The van der Waals surface area contributed by atoms with E-state index in [1.807, 2.05) is 49.4 Å². The van der Waals surface area contributed by atoms with Crippen LogP contribution in [0.3, 0.4) is 0 Å². The zero-order valence-electron chi connectivity index (χ0n) is 24.2. The molecule has 0 saturated carbocycles. The van der Waals surface area contributed by atoms with E-state index in [1.165, 1.54) is 11.8 Å². The molecule has 2 saturated heterocycles. The van der Waals surface area contributed by atoms with Gasteiger partial charge in [0.1, 0.15) is 21.5 Å². The molecule has 1 amide bonds. The summed E-state index contributed by atoms with van der Waals surface area (Å²) in [6, 6.07) is 17.4. The number of rotatable bonds is 6. The summed E-state index contributed by atoms with van der Waals surface area (Å²) in [6.45, 7) is 5.22. The number of benzene rings is 2. The number of pyridine rings is 1. The van der Waals surface area contributed by atoms with Gasteiger partial charge in [0.05, 0.1) is 24.1 Å². The summed E-state index contributed by atoms with van der Waals surface area (Å²) in [5.74, 6) is 2.46. The third kappa shape index (κ3) is 5.13. The second-order valence-electron chi connectivity index (χ2n) is 10.7. The van der Waals surface area contributed by atoms with Crippen molar-refractivity contribution in [2.75, 3.05) is 49.9 Å². The Hall–Kier alpha value is -4.55. The number of thiocarbonyl (C=S) groups is 1. The lowest BCUT2D eigenvalue weighted by Crippen LogP contribution is -2.47. The van der Waals surface area contributed by atoms with Crippen LogP contribution in [0.25, 0.3) is 11.7 Å². The van der Waals surface area contributed by atoms with Crippen LogP contribution in [-0.4, -0.2) is 64.6 Å². The minimum Gasteiger partial charge on any atom is -0.497 e. The highest BCUT2D eigenvalue weighted by Gasteiger charge is 2.34. The van der Waals surface area contributed by atoms with Crippen molar-refractivity contribution in [3.05, 3.63) is 92.7 Å². The van der Waals surface area contributed by atoms with E-state index in [1.54, 1.807) is 28.7 Å². The first-order chi connectivity index (χ1) is 21.4. The second-order valence-corrected chi connectivity index (χ2v) is 12.3. The quantitative estimate of drug-likeness (QED) is 0.226. The predicted octanol–water partition coefficient (Wildman–Crippen LogP) is 4.47. The summed E-state index contributed by atoms with van der Waals surface area (Å²) in [4.78, 5) is 39.0. The van der Waals surface area contributed by atoms with Crippen LogP contribution in [0.5, 0.6) is 17.2 Å². The van der Waals surface area contributed by atoms with Gasteiger partial charge in [0.15, 0.2) is 11.5 Å². The van der Waals surface area contributed by atoms with E-state index in [4.69, 9.17) is 31.4 Å². The molecule has 44 heavy (non-hydrogen) atoms. The SMILES string of the molecule is COc1ccc(N2CCN(c3nc4c(C)cccn4c(=O)c3/C=C3\SC(=S)N(Cc4ccc5c(c4)OCO5)C3=O)CC2)cc1. The van der Waals surface area contributed by atoms with Crippen molar-refractivity contribution < 1.29 is 19.0 Å². The van der Waals surface area contributed by atoms with Crippen LogP contribution in [0.4, 0.5) is 11.5 Å². The first-order valence-electron chi connectivity index (χ1n) is 14.2. The van der Waals surface area contributed by atoms with Crippen molar-refractivity contribution in [2.24, 2.45) is 0 Å². The van der Waals surface area contributed by atoms with Gasteiger partial charge in [0.25, 0.3) is 11.5 Å². The first kappa shape index (κ1) is 28.2. The number of hydrogen-bond acceptors (Lipinski definition) is 10. The van der Waals surface area contributed by atoms with E-state index < -0.39 is 0 Å². The fraction of sp³-hybridized carbons (Fsp3) is 0.250. The van der Waals surface area contributed by atoms with Gasteiger partial charge in [-0.05, 0) is 66.6 Å². The molecule has 2 aromatic carbocycles. The number of nitrogens with zero attached hydrogens (tertiary/aromatic N) is 5. The summed E-state index contributed by atoms with van der Waals surface area (Å²) in [7, 11) is 1.66. The predicted molar refractivity (Wildman–Crippen MR) is 175 cm³/mol. The maximum absolute atomic E-state index is 14.0. The Morgan fingerprint density at radius 2 is 1.75 bits per heavy atom. The van der Waals surface area contributed by atoms with Crippen LogP contribution in [0, 0.1) is 6.92 Å². The van der Waals surface area contributed by atoms with Gasteiger partial charge in [-0.25, -0.2) is 4.98 Å². The zero-order chi connectivity index (χ0) is 30.4. The lowest BCUT2D eigenvalue weighted by atomic mass is 10.1. The number of piperazine rings is 1. The molecule has 224 valence electrons. The first-order valence-corrected chi connectivity index (χ1v) is 15.4. The normalized spacial score (nSPS) is 17.3. The molecule has 12 heteroatoms.